The molecular formula is C11H10N3O3S-. The van der Waals surface area contributed by atoms with Crippen LogP contribution in [0.25, 0.3) is 0 Å². The van der Waals surface area contributed by atoms with Crippen molar-refractivity contribution < 1.29 is 14.7 Å². The van der Waals surface area contributed by atoms with Crippen LogP contribution in [0.5, 0.6) is 0 Å². The number of amides is 1. The number of carboxylic acids is 1. The van der Waals surface area contributed by atoms with Crippen molar-refractivity contribution in [2.75, 3.05) is 5.32 Å². The van der Waals surface area contributed by atoms with E-state index in [2.05, 4.69) is 15.5 Å². The van der Waals surface area contributed by atoms with E-state index in [1.807, 2.05) is 12.2 Å². The van der Waals surface area contributed by atoms with Crippen LogP contribution in [0.1, 0.15) is 6.42 Å². The van der Waals surface area contributed by atoms with E-state index < -0.39 is 17.8 Å². The van der Waals surface area contributed by atoms with Crippen molar-refractivity contribution in [3.05, 3.63) is 17.7 Å². The molecule has 1 aromatic heterocycles. The van der Waals surface area contributed by atoms with Crippen LogP contribution >= 0.6 is 11.3 Å². The number of nitrogens with one attached hydrogen (secondary N) is 1. The van der Waals surface area contributed by atoms with Crippen molar-refractivity contribution in [3.63, 3.8) is 0 Å². The van der Waals surface area contributed by atoms with Crippen molar-refractivity contribution >= 4 is 28.3 Å². The number of carbonyl (C=O) groups excluding carboxylic acids is 2. The summed E-state index contributed by atoms with van der Waals surface area (Å²) in [4.78, 5) is 23.3. The van der Waals surface area contributed by atoms with E-state index in [-0.39, 0.29) is 17.7 Å². The first-order valence-corrected chi connectivity index (χ1v) is 6.51. The maximum absolute atomic E-state index is 12.1. The van der Waals surface area contributed by atoms with Crippen LogP contribution in [-0.4, -0.2) is 22.1 Å². The van der Waals surface area contributed by atoms with Gasteiger partial charge in [-0.15, -0.1) is 10.2 Å². The lowest BCUT2D eigenvalue weighted by Gasteiger charge is -2.27. The topological polar surface area (TPSA) is 95.0 Å². The molecule has 18 heavy (non-hydrogen) atoms. The molecule has 0 aromatic carbocycles. The average molecular weight is 264 g/mol. The molecule has 94 valence electrons. The number of allylic oxidation sites excluding steroid dienone is 2. The fraction of sp³-hybridized carbons (Fsp3) is 0.455. The predicted molar refractivity (Wildman–Crippen MR) is 61.3 cm³/mol. The Bertz CT molecular complexity index is 514. The van der Waals surface area contributed by atoms with Gasteiger partial charge in [-0.1, -0.05) is 23.5 Å². The highest BCUT2D eigenvalue weighted by molar-refractivity contribution is 7.13. The Kier molecular flexibility index (Phi) is 2.62. The zero-order chi connectivity index (χ0) is 12.7. The van der Waals surface area contributed by atoms with Gasteiger partial charge in [0.05, 0.1) is 5.92 Å². The molecule has 1 heterocycles. The first-order chi connectivity index (χ1) is 8.66. The lowest BCUT2D eigenvalue weighted by molar-refractivity contribution is -0.313. The van der Waals surface area contributed by atoms with E-state index in [0.29, 0.717) is 11.6 Å². The van der Waals surface area contributed by atoms with Gasteiger partial charge in [0.1, 0.15) is 5.51 Å². The van der Waals surface area contributed by atoms with Crippen LogP contribution in [0.4, 0.5) is 5.13 Å². The molecular weight excluding hydrogens is 254 g/mol. The summed E-state index contributed by atoms with van der Waals surface area (Å²) >= 11 is 1.20. The first kappa shape index (κ1) is 11.3. The fourth-order valence-corrected chi connectivity index (χ4v) is 3.37. The third-order valence-corrected chi connectivity index (χ3v) is 4.23. The van der Waals surface area contributed by atoms with E-state index in [0.717, 1.165) is 0 Å². The van der Waals surface area contributed by atoms with Gasteiger partial charge in [0.15, 0.2) is 0 Å². The van der Waals surface area contributed by atoms with E-state index in [9.17, 15) is 14.7 Å². The average Bonchev–Trinajstić information content (AvgIpc) is 3.03. The molecule has 0 aliphatic heterocycles. The van der Waals surface area contributed by atoms with Crippen molar-refractivity contribution in [3.8, 4) is 0 Å². The minimum Gasteiger partial charge on any atom is -0.550 e. The second-order valence-corrected chi connectivity index (χ2v) is 5.39. The minimum atomic E-state index is -1.15. The summed E-state index contributed by atoms with van der Waals surface area (Å²) in [6.07, 6.45) is 4.52. The quantitative estimate of drug-likeness (QED) is 0.754. The van der Waals surface area contributed by atoms with Gasteiger partial charge in [-0.25, -0.2) is 0 Å². The van der Waals surface area contributed by atoms with Crippen LogP contribution < -0.4 is 10.4 Å². The molecule has 2 aliphatic rings. The van der Waals surface area contributed by atoms with E-state index in [1.165, 1.54) is 16.8 Å². The smallest absolute Gasteiger partial charge is 0.230 e. The summed E-state index contributed by atoms with van der Waals surface area (Å²) in [6.45, 7) is 0. The molecule has 6 nitrogen and oxygen atoms in total. The fourth-order valence-electron chi connectivity index (χ4n) is 2.92. The van der Waals surface area contributed by atoms with Crippen LogP contribution in [-0.2, 0) is 9.59 Å². The Morgan fingerprint density at radius 1 is 1.33 bits per heavy atom. The Morgan fingerprint density at radius 3 is 2.67 bits per heavy atom. The molecule has 7 heteroatoms. The highest BCUT2D eigenvalue weighted by atomic mass is 32.1. The summed E-state index contributed by atoms with van der Waals surface area (Å²) in [5.41, 5.74) is 1.51. The van der Waals surface area contributed by atoms with Crippen LogP contribution in [0, 0.1) is 23.7 Å². The molecule has 0 saturated heterocycles. The SMILES string of the molecule is O=C([O-])[C@@H]1[C@H](C(=O)Nc2nncs2)[C@H]2C=C[C@H]1C2. The number of hydrogen-bond donors (Lipinski definition) is 1. The number of fused-ring (bicyclic) bond motifs is 2. The summed E-state index contributed by atoms with van der Waals surface area (Å²) in [7, 11) is 0. The van der Waals surface area contributed by atoms with E-state index >= 15 is 0 Å². The number of anilines is 1. The monoisotopic (exact) mass is 264 g/mol. The second-order valence-electron chi connectivity index (χ2n) is 4.55. The molecule has 0 radical (unpaired) electrons. The molecule has 0 spiro atoms. The number of aromatic nitrogens is 2. The molecule has 2 aliphatic carbocycles. The lowest BCUT2D eigenvalue weighted by atomic mass is 9.82. The van der Waals surface area contributed by atoms with Crippen molar-refractivity contribution in [2.24, 2.45) is 23.7 Å². The third-order valence-electron chi connectivity index (χ3n) is 3.62. The Hall–Kier alpha value is -1.76. The van der Waals surface area contributed by atoms with Crippen molar-refractivity contribution in [2.45, 2.75) is 6.42 Å². The minimum absolute atomic E-state index is 0.00850. The maximum atomic E-state index is 12.1. The third kappa shape index (κ3) is 1.71. The molecule has 1 amide bonds. The molecule has 0 unspecified atom stereocenters. The number of aliphatic carboxylic acids is 1. The lowest BCUT2D eigenvalue weighted by Crippen LogP contribution is -2.42. The van der Waals surface area contributed by atoms with Crippen LogP contribution in [0.15, 0.2) is 17.7 Å². The molecule has 1 saturated carbocycles. The highest BCUT2D eigenvalue weighted by Gasteiger charge is 2.48. The maximum Gasteiger partial charge on any atom is 0.230 e. The number of hydrogen-bond acceptors (Lipinski definition) is 6. The normalized spacial score (nSPS) is 32.7. The summed E-state index contributed by atoms with van der Waals surface area (Å²) in [5, 5.41) is 21.5. The van der Waals surface area contributed by atoms with E-state index in [1.54, 1.807) is 0 Å². The summed E-state index contributed by atoms with van der Waals surface area (Å²) < 4.78 is 0. The van der Waals surface area contributed by atoms with Crippen LogP contribution in [0.3, 0.4) is 0 Å². The standard InChI is InChI=1S/C11H11N3O3S/c15-9(13-11-14-12-4-18-11)7-5-1-2-6(3-5)8(7)10(16)17/h1-2,4-8H,3H2,(H,16,17)(H,13,14,15)/p-1/t5-,6-,7+,8-/m0/s1. The Morgan fingerprint density at radius 2 is 2.06 bits per heavy atom. The first-order valence-electron chi connectivity index (χ1n) is 5.63. The van der Waals surface area contributed by atoms with E-state index in [4.69, 9.17) is 0 Å². The zero-order valence-electron chi connectivity index (χ0n) is 9.28. The molecule has 1 aromatic rings. The largest absolute Gasteiger partial charge is 0.550 e. The van der Waals surface area contributed by atoms with Crippen molar-refractivity contribution in [1.82, 2.24) is 10.2 Å². The second kappa shape index (κ2) is 4.16. The van der Waals surface area contributed by atoms with Gasteiger partial charge >= 0.3 is 0 Å². The molecule has 1 fully saturated rings. The number of rotatable bonds is 3. The molecule has 3 rings (SSSR count). The van der Waals surface area contributed by atoms with Crippen LogP contribution in [0.2, 0.25) is 0 Å². The highest BCUT2D eigenvalue weighted by Crippen LogP contribution is 2.48. The van der Waals surface area contributed by atoms with Gasteiger partial charge in [-0.2, -0.15) is 0 Å². The zero-order valence-corrected chi connectivity index (χ0v) is 10.1. The summed E-state index contributed by atoms with van der Waals surface area (Å²) in [5.74, 6) is -2.83. The number of carboxylic acid groups (broad SMARTS) is 1. The molecule has 2 bridgehead atoms. The van der Waals surface area contributed by atoms with Gasteiger partial charge in [0, 0.05) is 11.9 Å². The Balaban J connectivity index is 1.80. The predicted octanol–water partition coefficient (Wildman–Crippen LogP) is -0.335. The van der Waals surface area contributed by atoms with Gasteiger partial charge in [-0.3, -0.25) is 4.79 Å². The van der Waals surface area contributed by atoms with Gasteiger partial charge in [0.25, 0.3) is 0 Å². The van der Waals surface area contributed by atoms with Gasteiger partial charge in [0.2, 0.25) is 11.0 Å². The molecule has 1 N–H and O–H groups in total. The summed E-state index contributed by atoms with van der Waals surface area (Å²) in [6, 6.07) is 0. The Labute approximate surface area is 107 Å². The number of carbonyl (C=O) groups is 2. The van der Waals surface area contributed by atoms with Gasteiger partial charge < -0.3 is 15.2 Å². The van der Waals surface area contributed by atoms with Gasteiger partial charge in [-0.05, 0) is 18.3 Å². The molecule has 4 atom stereocenters. The number of nitrogens with zero attached hydrogens (tertiary/aromatic N) is 2. The van der Waals surface area contributed by atoms with Crippen molar-refractivity contribution in [1.29, 1.82) is 0 Å².